The largest absolute Gasteiger partial charge is 0.439 e. The zero-order valence-corrected chi connectivity index (χ0v) is 15.4. The third kappa shape index (κ3) is 4.49. The molecule has 0 saturated heterocycles. The minimum atomic E-state index is -0.192. The molecule has 0 saturated carbocycles. The van der Waals surface area contributed by atoms with E-state index in [0.717, 1.165) is 4.88 Å². The van der Waals surface area contributed by atoms with Crippen LogP contribution in [0.4, 0.5) is 5.69 Å². The van der Waals surface area contributed by atoms with E-state index in [9.17, 15) is 4.79 Å². The highest BCUT2D eigenvalue weighted by atomic mass is 32.1. The molecule has 7 nitrogen and oxygen atoms in total. The average Bonchev–Trinajstić information content (AvgIpc) is 3.42. The predicted molar refractivity (Wildman–Crippen MR) is 108 cm³/mol. The van der Waals surface area contributed by atoms with Gasteiger partial charge in [-0.15, -0.1) is 11.3 Å². The van der Waals surface area contributed by atoms with E-state index in [1.54, 1.807) is 71.0 Å². The quantitative estimate of drug-likeness (QED) is 0.501. The molecule has 1 amide bonds. The maximum absolute atomic E-state index is 12.0. The van der Waals surface area contributed by atoms with Crippen LogP contribution in [0.5, 0.6) is 11.6 Å². The summed E-state index contributed by atoms with van der Waals surface area (Å²) in [5.41, 5.74) is 0.676. The molecule has 0 atom stereocenters. The Morgan fingerprint density at radius 1 is 1.18 bits per heavy atom. The Labute approximate surface area is 165 Å². The Bertz CT molecular complexity index is 1070. The minimum absolute atomic E-state index is 0.192. The van der Waals surface area contributed by atoms with Crippen molar-refractivity contribution in [3.05, 3.63) is 83.8 Å². The van der Waals surface area contributed by atoms with E-state index in [4.69, 9.17) is 4.74 Å². The topological polar surface area (TPSA) is 81.9 Å². The second-order valence-corrected chi connectivity index (χ2v) is 6.63. The fourth-order valence-electron chi connectivity index (χ4n) is 2.38. The van der Waals surface area contributed by atoms with Crippen molar-refractivity contribution in [3.63, 3.8) is 0 Å². The molecule has 1 aromatic carbocycles. The summed E-state index contributed by atoms with van der Waals surface area (Å²) < 4.78 is 7.52. The number of benzene rings is 1. The first-order valence-corrected chi connectivity index (χ1v) is 9.25. The molecule has 0 aliphatic heterocycles. The van der Waals surface area contributed by atoms with Gasteiger partial charge in [-0.2, -0.15) is 0 Å². The van der Waals surface area contributed by atoms with Gasteiger partial charge in [-0.1, -0.05) is 6.07 Å². The number of hydrogen-bond acceptors (Lipinski definition) is 6. The molecule has 1 N–H and O–H groups in total. The van der Waals surface area contributed by atoms with Crippen molar-refractivity contribution in [1.82, 2.24) is 19.5 Å². The highest BCUT2D eigenvalue weighted by Gasteiger charge is 2.04. The summed E-state index contributed by atoms with van der Waals surface area (Å²) in [6.45, 7) is 0. The molecule has 0 fully saturated rings. The van der Waals surface area contributed by atoms with Gasteiger partial charge in [0.1, 0.15) is 24.2 Å². The van der Waals surface area contributed by atoms with Crippen LogP contribution in [-0.4, -0.2) is 25.4 Å². The van der Waals surface area contributed by atoms with E-state index in [1.165, 1.54) is 12.4 Å². The van der Waals surface area contributed by atoms with Crippen molar-refractivity contribution in [2.75, 3.05) is 5.32 Å². The first kappa shape index (κ1) is 17.6. The third-order valence-electron chi connectivity index (χ3n) is 3.68. The fraction of sp³-hybridized carbons (Fsp3) is 0. The molecule has 4 aromatic rings. The van der Waals surface area contributed by atoms with Crippen molar-refractivity contribution >= 4 is 29.0 Å². The SMILES string of the molecule is O=C(/C=C/c1cccs1)Nc1ccc(Oc2cc(-n3ccnc3)ncn2)cc1. The summed E-state index contributed by atoms with van der Waals surface area (Å²) in [6, 6.07) is 12.7. The molecule has 0 spiro atoms. The van der Waals surface area contributed by atoms with Crippen molar-refractivity contribution in [2.45, 2.75) is 0 Å². The zero-order chi connectivity index (χ0) is 19.2. The number of amides is 1. The molecule has 138 valence electrons. The van der Waals surface area contributed by atoms with Crippen LogP contribution in [0.2, 0.25) is 0 Å². The molecule has 8 heteroatoms. The molecule has 0 unspecified atom stereocenters. The van der Waals surface area contributed by atoms with Gasteiger partial charge in [0, 0.05) is 35.1 Å². The highest BCUT2D eigenvalue weighted by molar-refractivity contribution is 7.10. The van der Waals surface area contributed by atoms with Crippen LogP contribution in [0.3, 0.4) is 0 Å². The minimum Gasteiger partial charge on any atom is -0.439 e. The Morgan fingerprint density at radius 2 is 2.07 bits per heavy atom. The normalized spacial score (nSPS) is 10.9. The average molecular weight is 389 g/mol. The van der Waals surface area contributed by atoms with E-state index < -0.39 is 0 Å². The molecule has 4 rings (SSSR count). The Morgan fingerprint density at radius 3 is 2.82 bits per heavy atom. The van der Waals surface area contributed by atoms with Gasteiger partial charge in [0.15, 0.2) is 0 Å². The van der Waals surface area contributed by atoms with Gasteiger partial charge < -0.3 is 10.1 Å². The lowest BCUT2D eigenvalue weighted by atomic mass is 10.3. The summed E-state index contributed by atoms with van der Waals surface area (Å²) in [4.78, 5) is 25.3. The maximum atomic E-state index is 12.0. The molecule has 0 aliphatic carbocycles. The van der Waals surface area contributed by atoms with E-state index in [2.05, 4.69) is 20.3 Å². The van der Waals surface area contributed by atoms with Crippen molar-refractivity contribution in [1.29, 1.82) is 0 Å². The van der Waals surface area contributed by atoms with Crippen LogP contribution in [0, 0.1) is 0 Å². The number of anilines is 1. The van der Waals surface area contributed by atoms with Crippen LogP contribution in [0.25, 0.3) is 11.9 Å². The number of carbonyl (C=O) groups excluding carboxylic acids is 1. The monoisotopic (exact) mass is 389 g/mol. The van der Waals surface area contributed by atoms with E-state index in [0.29, 0.717) is 23.1 Å². The second-order valence-electron chi connectivity index (χ2n) is 5.65. The number of thiophene rings is 1. The lowest BCUT2D eigenvalue weighted by Gasteiger charge is -2.07. The first-order valence-electron chi connectivity index (χ1n) is 8.37. The maximum Gasteiger partial charge on any atom is 0.248 e. The second kappa shape index (κ2) is 8.28. The van der Waals surface area contributed by atoms with Crippen LogP contribution >= 0.6 is 11.3 Å². The summed E-state index contributed by atoms with van der Waals surface area (Å²) in [6.07, 6.45) is 9.83. The number of nitrogens with one attached hydrogen (secondary N) is 1. The molecule has 3 heterocycles. The number of aromatic nitrogens is 4. The van der Waals surface area contributed by atoms with Gasteiger partial charge in [0.25, 0.3) is 0 Å². The van der Waals surface area contributed by atoms with Crippen molar-refractivity contribution in [3.8, 4) is 17.4 Å². The Balaban J connectivity index is 1.38. The number of carbonyl (C=O) groups is 1. The molecular formula is C20H15N5O2S. The standard InChI is InChI=1S/C20H15N5O2S/c26-19(8-7-17-2-1-11-28-17)24-15-3-5-16(6-4-15)27-20-12-18(22-13-23-20)25-10-9-21-14-25/h1-14H,(H,24,26)/b8-7+. The lowest BCUT2D eigenvalue weighted by Crippen LogP contribution is -2.07. The third-order valence-corrected chi connectivity index (χ3v) is 4.52. The zero-order valence-electron chi connectivity index (χ0n) is 14.6. The molecule has 0 bridgehead atoms. The molecule has 3 aromatic heterocycles. The number of hydrogen-bond donors (Lipinski definition) is 1. The van der Waals surface area contributed by atoms with Gasteiger partial charge >= 0.3 is 0 Å². The Hall–Kier alpha value is -3.78. The van der Waals surface area contributed by atoms with Gasteiger partial charge in [0.2, 0.25) is 11.8 Å². The van der Waals surface area contributed by atoms with Gasteiger partial charge in [-0.05, 0) is 41.8 Å². The number of nitrogens with zero attached hydrogens (tertiary/aromatic N) is 4. The van der Waals surface area contributed by atoms with Crippen LogP contribution < -0.4 is 10.1 Å². The molecule has 0 aliphatic rings. The smallest absolute Gasteiger partial charge is 0.248 e. The van der Waals surface area contributed by atoms with E-state index >= 15 is 0 Å². The summed E-state index contributed by atoms with van der Waals surface area (Å²) in [7, 11) is 0. The number of rotatable bonds is 6. The summed E-state index contributed by atoms with van der Waals surface area (Å²) in [5, 5.41) is 4.78. The summed E-state index contributed by atoms with van der Waals surface area (Å²) >= 11 is 1.58. The van der Waals surface area contributed by atoms with E-state index in [-0.39, 0.29) is 5.91 Å². The summed E-state index contributed by atoms with van der Waals surface area (Å²) in [5.74, 6) is 1.48. The number of imidazole rings is 1. The molecule has 0 radical (unpaired) electrons. The van der Waals surface area contributed by atoms with Crippen LogP contribution in [0.1, 0.15) is 4.88 Å². The molecular weight excluding hydrogens is 374 g/mol. The first-order chi connectivity index (χ1) is 13.8. The lowest BCUT2D eigenvalue weighted by molar-refractivity contribution is -0.111. The van der Waals surface area contributed by atoms with Crippen molar-refractivity contribution < 1.29 is 9.53 Å². The van der Waals surface area contributed by atoms with Crippen LogP contribution in [-0.2, 0) is 4.79 Å². The Kier molecular flexibility index (Phi) is 5.21. The highest BCUT2D eigenvalue weighted by Crippen LogP contribution is 2.22. The predicted octanol–water partition coefficient (Wildman–Crippen LogP) is 4.17. The van der Waals surface area contributed by atoms with Crippen LogP contribution in [0.15, 0.2) is 79.0 Å². The van der Waals surface area contributed by atoms with Gasteiger partial charge in [-0.25, -0.2) is 15.0 Å². The van der Waals surface area contributed by atoms with Gasteiger partial charge in [0.05, 0.1) is 0 Å². The molecule has 28 heavy (non-hydrogen) atoms. The van der Waals surface area contributed by atoms with Crippen molar-refractivity contribution in [2.24, 2.45) is 0 Å². The fourth-order valence-corrected chi connectivity index (χ4v) is 2.99. The van der Waals surface area contributed by atoms with E-state index in [1.807, 2.05) is 17.5 Å². The van der Waals surface area contributed by atoms with Gasteiger partial charge in [-0.3, -0.25) is 9.36 Å². The number of ether oxygens (including phenoxy) is 1.